The highest BCUT2D eigenvalue weighted by Crippen LogP contribution is 2.28. The van der Waals surface area contributed by atoms with Gasteiger partial charge in [0.2, 0.25) is 0 Å². The molecule has 0 heterocycles. The number of benzene rings is 2. The second-order valence-electron chi connectivity index (χ2n) is 7.39. The highest BCUT2D eigenvalue weighted by molar-refractivity contribution is 5.66. The Hall–Kier alpha value is -2.48. The minimum absolute atomic E-state index is 0.513. The largest absolute Gasteiger partial charge is 0.365 e. The van der Waals surface area contributed by atoms with E-state index in [1.807, 2.05) is 18.2 Å². The molecule has 28 heavy (non-hydrogen) atoms. The van der Waals surface area contributed by atoms with E-state index in [2.05, 4.69) is 85.3 Å². The molecule has 2 nitrogen and oxygen atoms in total. The van der Waals surface area contributed by atoms with Crippen LogP contribution < -0.4 is 9.80 Å². The predicted octanol–water partition coefficient (Wildman–Crippen LogP) is 7.36. The van der Waals surface area contributed by atoms with E-state index in [4.69, 9.17) is 0 Å². The summed E-state index contributed by atoms with van der Waals surface area (Å²) in [6.07, 6.45) is 10.4. The molecule has 1 atom stereocenters. The van der Waals surface area contributed by atoms with Crippen molar-refractivity contribution in [3.05, 3.63) is 79.9 Å². The van der Waals surface area contributed by atoms with Crippen molar-refractivity contribution in [1.82, 2.24) is 0 Å². The molecular weight excluding hydrogens is 340 g/mol. The maximum atomic E-state index is 3.97. The summed E-state index contributed by atoms with van der Waals surface area (Å²) in [5, 5.41) is 0. The minimum atomic E-state index is 0.513. The van der Waals surface area contributed by atoms with E-state index >= 15 is 0 Å². The summed E-state index contributed by atoms with van der Waals surface area (Å²) in [7, 11) is 0. The number of hydrogen-bond acceptors (Lipinski definition) is 2. The van der Waals surface area contributed by atoms with Gasteiger partial charge in [-0.3, -0.25) is 0 Å². The Bertz CT molecular complexity index is 690. The molecule has 0 radical (unpaired) electrons. The van der Waals surface area contributed by atoms with Crippen LogP contribution in [0.1, 0.15) is 46.0 Å². The SMILES string of the molecule is C=CCN(c1ccccc1)c1ccc(N(CC=C)C(C)CCCCCC)cc1. The lowest BCUT2D eigenvalue weighted by molar-refractivity contribution is 0.548. The van der Waals surface area contributed by atoms with E-state index in [-0.39, 0.29) is 0 Å². The highest BCUT2D eigenvalue weighted by Gasteiger charge is 2.14. The van der Waals surface area contributed by atoms with Crippen LogP contribution >= 0.6 is 0 Å². The van der Waals surface area contributed by atoms with Crippen LogP contribution in [-0.4, -0.2) is 19.1 Å². The molecule has 2 heteroatoms. The van der Waals surface area contributed by atoms with Gasteiger partial charge in [-0.2, -0.15) is 0 Å². The van der Waals surface area contributed by atoms with Gasteiger partial charge < -0.3 is 9.80 Å². The third-order valence-corrected chi connectivity index (χ3v) is 5.21. The topological polar surface area (TPSA) is 6.48 Å². The molecular formula is C26H36N2. The number of unbranched alkanes of at least 4 members (excludes halogenated alkanes) is 3. The number of hydrogen-bond donors (Lipinski definition) is 0. The van der Waals surface area contributed by atoms with E-state index < -0.39 is 0 Å². The van der Waals surface area contributed by atoms with Crippen molar-refractivity contribution in [2.24, 2.45) is 0 Å². The monoisotopic (exact) mass is 376 g/mol. The molecule has 0 bridgehead atoms. The zero-order valence-corrected chi connectivity index (χ0v) is 17.7. The van der Waals surface area contributed by atoms with Crippen molar-refractivity contribution in [1.29, 1.82) is 0 Å². The fourth-order valence-corrected chi connectivity index (χ4v) is 3.62. The smallest absolute Gasteiger partial charge is 0.0415 e. The summed E-state index contributed by atoms with van der Waals surface area (Å²) in [6, 6.07) is 19.9. The van der Waals surface area contributed by atoms with E-state index in [1.165, 1.54) is 49.2 Å². The zero-order valence-electron chi connectivity index (χ0n) is 17.7. The molecule has 0 aliphatic carbocycles. The van der Waals surface area contributed by atoms with Crippen molar-refractivity contribution in [2.45, 2.75) is 52.0 Å². The lowest BCUT2D eigenvalue weighted by Crippen LogP contribution is -2.33. The average Bonchev–Trinajstić information content (AvgIpc) is 2.74. The Morgan fingerprint density at radius 1 is 0.786 bits per heavy atom. The summed E-state index contributed by atoms with van der Waals surface area (Å²) in [6.45, 7) is 14.2. The zero-order chi connectivity index (χ0) is 20.2. The Morgan fingerprint density at radius 2 is 1.39 bits per heavy atom. The Morgan fingerprint density at radius 3 is 2.00 bits per heavy atom. The van der Waals surface area contributed by atoms with Crippen LogP contribution in [0, 0.1) is 0 Å². The van der Waals surface area contributed by atoms with Crippen molar-refractivity contribution in [2.75, 3.05) is 22.9 Å². The van der Waals surface area contributed by atoms with Crippen molar-refractivity contribution in [3.63, 3.8) is 0 Å². The third-order valence-electron chi connectivity index (χ3n) is 5.21. The second-order valence-corrected chi connectivity index (χ2v) is 7.39. The third kappa shape index (κ3) is 6.30. The van der Waals surface area contributed by atoms with Crippen molar-refractivity contribution >= 4 is 17.1 Å². The number of anilines is 3. The molecule has 0 aliphatic rings. The Kier molecular flexibility index (Phi) is 9.41. The fraction of sp³-hybridized carbons (Fsp3) is 0.385. The number of nitrogens with zero attached hydrogens (tertiary/aromatic N) is 2. The van der Waals surface area contributed by atoms with Gasteiger partial charge in [0.15, 0.2) is 0 Å². The molecule has 0 fully saturated rings. The summed E-state index contributed by atoms with van der Waals surface area (Å²) >= 11 is 0. The van der Waals surface area contributed by atoms with Crippen LogP contribution in [0.5, 0.6) is 0 Å². The van der Waals surface area contributed by atoms with Gasteiger partial charge in [-0.1, -0.05) is 63.0 Å². The van der Waals surface area contributed by atoms with Gasteiger partial charge in [0.05, 0.1) is 0 Å². The van der Waals surface area contributed by atoms with E-state index in [1.54, 1.807) is 0 Å². The van der Waals surface area contributed by atoms with Crippen LogP contribution in [0.3, 0.4) is 0 Å². The van der Waals surface area contributed by atoms with Gasteiger partial charge in [0, 0.05) is 36.2 Å². The number of para-hydroxylation sites is 1. The lowest BCUT2D eigenvalue weighted by Gasteiger charge is -2.31. The van der Waals surface area contributed by atoms with Crippen LogP contribution in [-0.2, 0) is 0 Å². The molecule has 2 aromatic carbocycles. The van der Waals surface area contributed by atoms with E-state index in [9.17, 15) is 0 Å². The van der Waals surface area contributed by atoms with E-state index in [0.29, 0.717) is 6.04 Å². The number of rotatable bonds is 13. The minimum Gasteiger partial charge on any atom is -0.365 e. The molecule has 0 saturated carbocycles. The maximum Gasteiger partial charge on any atom is 0.0415 e. The van der Waals surface area contributed by atoms with Crippen LogP contribution in [0.25, 0.3) is 0 Å². The second kappa shape index (κ2) is 12.1. The van der Waals surface area contributed by atoms with Gasteiger partial charge in [-0.25, -0.2) is 0 Å². The summed E-state index contributed by atoms with van der Waals surface area (Å²) in [5.74, 6) is 0. The van der Waals surface area contributed by atoms with Gasteiger partial charge in [-0.15, -0.1) is 13.2 Å². The summed E-state index contributed by atoms with van der Waals surface area (Å²) in [4.78, 5) is 4.74. The maximum absolute atomic E-state index is 3.97. The average molecular weight is 377 g/mol. The highest BCUT2D eigenvalue weighted by atomic mass is 15.2. The van der Waals surface area contributed by atoms with Crippen LogP contribution in [0.15, 0.2) is 79.9 Å². The van der Waals surface area contributed by atoms with Crippen molar-refractivity contribution in [3.8, 4) is 0 Å². The van der Waals surface area contributed by atoms with Gasteiger partial charge in [-0.05, 0) is 49.7 Å². The molecule has 150 valence electrons. The fourth-order valence-electron chi connectivity index (χ4n) is 3.62. The molecule has 0 aromatic heterocycles. The summed E-state index contributed by atoms with van der Waals surface area (Å²) < 4.78 is 0. The molecule has 1 unspecified atom stereocenters. The van der Waals surface area contributed by atoms with Gasteiger partial charge >= 0.3 is 0 Å². The van der Waals surface area contributed by atoms with Crippen LogP contribution in [0.4, 0.5) is 17.1 Å². The molecule has 0 aliphatic heterocycles. The lowest BCUT2D eigenvalue weighted by atomic mass is 10.1. The normalized spacial score (nSPS) is 11.6. The summed E-state index contributed by atoms with van der Waals surface area (Å²) in [5.41, 5.74) is 3.63. The predicted molar refractivity (Wildman–Crippen MR) is 126 cm³/mol. The first-order valence-corrected chi connectivity index (χ1v) is 10.6. The quantitative estimate of drug-likeness (QED) is 0.266. The van der Waals surface area contributed by atoms with Gasteiger partial charge in [0.1, 0.15) is 0 Å². The van der Waals surface area contributed by atoms with Gasteiger partial charge in [0.25, 0.3) is 0 Å². The van der Waals surface area contributed by atoms with Crippen molar-refractivity contribution < 1.29 is 0 Å². The first-order valence-electron chi connectivity index (χ1n) is 10.6. The Balaban J connectivity index is 2.14. The molecule has 2 rings (SSSR count). The first-order chi connectivity index (χ1) is 13.7. The molecule has 2 aromatic rings. The Labute approximate surface area is 172 Å². The van der Waals surface area contributed by atoms with E-state index in [0.717, 1.165) is 13.1 Å². The molecule has 0 amide bonds. The standard InChI is InChI=1S/C26H36N2/c1-5-8-9-11-14-23(4)27(21-6-2)25-17-19-26(20-18-25)28(22-7-3)24-15-12-10-13-16-24/h6-7,10,12-13,15-20,23H,2-3,5,8-9,11,14,21-22H2,1,4H3. The first kappa shape index (κ1) is 21.8. The van der Waals surface area contributed by atoms with Crippen LogP contribution in [0.2, 0.25) is 0 Å². The molecule has 0 saturated heterocycles. The molecule has 0 N–H and O–H groups in total. The molecule has 0 spiro atoms.